The van der Waals surface area contributed by atoms with Crippen molar-refractivity contribution in [1.29, 1.82) is 0 Å². The Morgan fingerprint density at radius 2 is 1.56 bits per heavy atom. The van der Waals surface area contributed by atoms with E-state index < -0.39 is 5.97 Å². The molecule has 2 saturated heterocycles. The fourth-order valence-corrected chi connectivity index (χ4v) is 6.07. The second-order valence-electron chi connectivity index (χ2n) is 10.7. The third kappa shape index (κ3) is 5.75. The maximum atomic E-state index is 11.1. The summed E-state index contributed by atoms with van der Waals surface area (Å²) in [7, 11) is 2.20. The third-order valence-electron chi connectivity index (χ3n) is 8.17. The smallest absolute Gasteiger partial charge is 0.335 e. The van der Waals surface area contributed by atoms with Crippen LogP contribution < -0.4 is 4.74 Å². The lowest BCUT2D eigenvalue weighted by Gasteiger charge is -2.42. The Kier molecular flexibility index (Phi) is 7.18. The van der Waals surface area contributed by atoms with E-state index in [1.165, 1.54) is 31.2 Å². The number of carbonyl (C=O) groups is 1. The highest BCUT2D eigenvalue weighted by atomic mass is 16.5. The molecule has 39 heavy (non-hydrogen) atoms. The summed E-state index contributed by atoms with van der Waals surface area (Å²) in [6.07, 6.45) is 8.07. The number of aromatic nitrogens is 1. The van der Waals surface area contributed by atoms with Crippen LogP contribution in [0.1, 0.15) is 47.2 Å². The Hall–Kier alpha value is -3.94. The van der Waals surface area contributed by atoms with Crippen LogP contribution in [-0.2, 0) is 13.1 Å². The molecule has 2 fully saturated rings. The van der Waals surface area contributed by atoms with Gasteiger partial charge in [0.05, 0.1) is 11.8 Å². The second kappa shape index (κ2) is 11.0. The van der Waals surface area contributed by atoms with E-state index in [0.717, 1.165) is 35.7 Å². The summed E-state index contributed by atoms with van der Waals surface area (Å²) in [5, 5.41) is 9.14. The van der Waals surface area contributed by atoms with E-state index in [1.54, 1.807) is 24.6 Å². The molecule has 1 N–H and O–H groups in total. The summed E-state index contributed by atoms with van der Waals surface area (Å²) in [6.45, 7) is 1.81. The van der Waals surface area contributed by atoms with Crippen LogP contribution in [0.4, 0.5) is 0 Å². The first-order valence-corrected chi connectivity index (χ1v) is 13.6. The highest BCUT2D eigenvalue weighted by molar-refractivity contribution is 5.87. The van der Waals surface area contributed by atoms with Gasteiger partial charge in [-0.2, -0.15) is 0 Å². The van der Waals surface area contributed by atoms with E-state index in [4.69, 9.17) is 14.3 Å². The number of piperidine rings is 1. The highest BCUT2D eigenvalue weighted by Gasteiger charge is 2.41. The molecule has 4 aromatic rings. The molecule has 0 amide bonds. The molecule has 2 aliphatic rings. The number of fused-ring (bicyclic) bond motifs is 2. The zero-order valence-electron chi connectivity index (χ0n) is 22.1. The summed E-state index contributed by atoms with van der Waals surface area (Å²) >= 11 is 0. The average Bonchev–Trinajstić information content (AvgIpc) is 3.56. The van der Waals surface area contributed by atoms with Crippen molar-refractivity contribution in [3.8, 4) is 23.0 Å². The number of benzene rings is 3. The zero-order valence-corrected chi connectivity index (χ0v) is 22.1. The number of nitrogens with zero attached hydrogens (tertiary/aromatic N) is 3. The quantitative estimate of drug-likeness (QED) is 0.270. The molecule has 3 atom stereocenters. The molecule has 2 aliphatic heterocycles. The largest absolute Gasteiger partial charge is 0.478 e. The average molecular weight is 524 g/mol. The second-order valence-corrected chi connectivity index (χ2v) is 10.7. The van der Waals surface area contributed by atoms with Crippen molar-refractivity contribution in [1.82, 2.24) is 14.8 Å². The number of oxazole rings is 1. The molecule has 0 aliphatic carbocycles. The lowest BCUT2D eigenvalue weighted by Crippen LogP contribution is -2.48. The van der Waals surface area contributed by atoms with Crippen LogP contribution in [0.25, 0.3) is 11.5 Å². The van der Waals surface area contributed by atoms with E-state index in [-0.39, 0.29) is 0 Å². The molecule has 0 radical (unpaired) electrons. The van der Waals surface area contributed by atoms with Gasteiger partial charge in [0.1, 0.15) is 17.8 Å². The molecular formula is C32H33N3O4. The SMILES string of the molecule is CN(Cc1ccc(C(=O)O)cc1)[C@@H]1C[C@H]2CC[C@@H](C1)N2Cc1ccc(Oc2ccc(-c3ncco3)cc2)cc1. The minimum absolute atomic E-state index is 0.338. The van der Waals surface area contributed by atoms with E-state index in [9.17, 15) is 4.79 Å². The minimum atomic E-state index is -0.879. The summed E-state index contributed by atoms with van der Waals surface area (Å²) in [5.41, 5.74) is 3.72. The molecule has 7 heteroatoms. The first-order chi connectivity index (χ1) is 19.0. The van der Waals surface area contributed by atoms with Crippen LogP contribution in [0.2, 0.25) is 0 Å². The number of hydrogen-bond acceptors (Lipinski definition) is 6. The minimum Gasteiger partial charge on any atom is -0.478 e. The van der Waals surface area contributed by atoms with Gasteiger partial charge in [-0.25, -0.2) is 9.78 Å². The normalized spacial score (nSPS) is 20.8. The maximum absolute atomic E-state index is 11.1. The van der Waals surface area contributed by atoms with Crippen molar-refractivity contribution in [3.05, 3.63) is 102 Å². The Balaban J connectivity index is 1.02. The lowest BCUT2D eigenvalue weighted by atomic mass is 9.95. The predicted molar refractivity (Wildman–Crippen MR) is 149 cm³/mol. The van der Waals surface area contributed by atoms with Crippen molar-refractivity contribution in [3.63, 3.8) is 0 Å². The van der Waals surface area contributed by atoms with Crippen LogP contribution in [0.3, 0.4) is 0 Å². The molecule has 7 nitrogen and oxygen atoms in total. The monoisotopic (exact) mass is 523 g/mol. The molecule has 2 bridgehead atoms. The predicted octanol–water partition coefficient (Wildman–Crippen LogP) is 6.46. The Morgan fingerprint density at radius 3 is 2.15 bits per heavy atom. The number of carboxylic acids is 1. The molecule has 0 saturated carbocycles. The summed E-state index contributed by atoms with van der Waals surface area (Å²) in [6, 6.07) is 25.2. The van der Waals surface area contributed by atoms with Gasteiger partial charge in [-0.15, -0.1) is 0 Å². The molecule has 0 spiro atoms. The molecule has 200 valence electrons. The van der Waals surface area contributed by atoms with Gasteiger partial charge in [0.2, 0.25) is 5.89 Å². The van der Waals surface area contributed by atoms with Crippen molar-refractivity contribution in [2.45, 2.75) is 56.9 Å². The highest BCUT2D eigenvalue weighted by Crippen LogP contribution is 2.39. The number of carboxylic acid groups (broad SMARTS) is 1. The van der Waals surface area contributed by atoms with Gasteiger partial charge in [-0.1, -0.05) is 24.3 Å². The fourth-order valence-electron chi connectivity index (χ4n) is 6.07. The van der Waals surface area contributed by atoms with Crippen LogP contribution in [0, 0.1) is 0 Å². The lowest BCUT2D eigenvalue weighted by molar-refractivity contribution is 0.0621. The number of rotatable bonds is 9. The number of aromatic carboxylic acids is 1. The van der Waals surface area contributed by atoms with Crippen molar-refractivity contribution >= 4 is 5.97 Å². The summed E-state index contributed by atoms with van der Waals surface area (Å²) < 4.78 is 11.4. The zero-order chi connectivity index (χ0) is 26.8. The number of hydrogen-bond donors (Lipinski definition) is 1. The Labute approximate surface area is 228 Å². The van der Waals surface area contributed by atoms with Crippen LogP contribution in [-0.4, -0.2) is 51.0 Å². The van der Waals surface area contributed by atoms with E-state index in [2.05, 4.69) is 46.1 Å². The topological polar surface area (TPSA) is 79.0 Å². The van der Waals surface area contributed by atoms with Crippen LogP contribution in [0.5, 0.6) is 11.5 Å². The first kappa shape index (κ1) is 25.3. The van der Waals surface area contributed by atoms with Crippen molar-refractivity contribution in [2.75, 3.05) is 7.05 Å². The maximum Gasteiger partial charge on any atom is 0.335 e. The van der Waals surface area contributed by atoms with Gasteiger partial charge >= 0.3 is 5.97 Å². The molecule has 1 aromatic heterocycles. The standard InChI is InChI=1S/C32H33N3O4/c1-34(20-22-2-6-25(7-3-22)32(36)37)28-18-26-10-11-27(19-28)35(26)21-23-4-12-29(13-5-23)39-30-14-8-24(9-15-30)31-33-16-17-38-31/h2-9,12-17,26-28H,10-11,18-21H2,1H3,(H,36,37)/t26-,27+,28-. The molecule has 0 unspecified atom stereocenters. The fraction of sp³-hybridized carbons (Fsp3) is 0.312. The van der Waals surface area contributed by atoms with Gasteiger partial charge in [0.15, 0.2) is 0 Å². The van der Waals surface area contributed by atoms with Gasteiger partial charge < -0.3 is 14.3 Å². The number of ether oxygens (including phenoxy) is 1. The molecule has 6 rings (SSSR count). The van der Waals surface area contributed by atoms with E-state index in [0.29, 0.717) is 29.6 Å². The van der Waals surface area contributed by atoms with E-state index >= 15 is 0 Å². The summed E-state index contributed by atoms with van der Waals surface area (Å²) in [5.74, 6) is 1.32. The van der Waals surface area contributed by atoms with Crippen molar-refractivity contribution in [2.24, 2.45) is 0 Å². The van der Waals surface area contributed by atoms with Gasteiger partial charge in [-0.05, 0) is 92.4 Å². The van der Waals surface area contributed by atoms with Gasteiger partial charge in [0, 0.05) is 36.8 Å². The Bertz CT molecular complexity index is 1370. The van der Waals surface area contributed by atoms with Crippen LogP contribution in [0.15, 0.2) is 89.7 Å². The van der Waals surface area contributed by atoms with Crippen LogP contribution >= 0.6 is 0 Å². The molecule has 3 aromatic carbocycles. The van der Waals surface area contributed by atoms with E-state index in [1.807, 2.05) is 36.4 Å². The third-order valence-corrected chi connectivity index (χ3v) is 8.17. The van der Waals surface area contributed by atoms with Gasteiger partial charge in [-0.3, -0.25) is 9.80 Å². The van der Waals surface area contributed by atoms with Crippen molar-refractivity contribution < 1.29 is 19.1 Å². The van der Waals surface area contributed by atoms with Gasteiger partial charge in [0.25, 0.3) is 0 Å². The first-order valence-electron chi connectivity index (χ1n) is 13.6. The summed E-state index contributed by atoms with van der Waals surface area (Å²) in [4.78, 5) is 20.5. The Morgan fingerprint density at radius 1 is 0.949 bits per heavy atom. The molecule has 3 heterocycles. The molecular weight excluding hydrogens is 490 g/mol.